The Balaban J connectivity index is 1.61. The summed E-state index contributed by atoms with van der Waals surface area (Å²) in [5.41, 5.74) is 3.79. The van der Waals surface area contributed by atoms with E-state index in [4.69, 9.17) is 0 Å². The van der Waals surface area contributed by atoms with Crippen LogP contribution in [0.15, 0.2) is 54.6 Å². The molecule has 0 amide bonds. The maximum absolute atomic E-state index is 3.49. The second-order valence-electron chi connectivity index (χ2n) is 5.10. The molecule has 0 bridgehead atoms. The van der Waals surface area contributed by atoms with Gasteiger partial charge in [-0.2, -0.15) is 0 Å². The maximum Gasteiger partial charge on any atom is 0.0340 e. The summed E-state index contributed by atoms with van der Waals surface area (Å²) in [5.74, 6) is 1.00. The standard InChI is InChI=1S/C17H19N/c1-2-4-15(5-3-1)16-8-10-17(11-9-16)18-13-12-14-6-7-14/h1-5,8-11,14,18H,6-7,12-13H2. The first-order chi connectivity index (χ1) is 8.92. The van der Waals surface area contributed by atoms with Gasteiger partial charge in [0.1, 0.15) is 0 Å². The van der Waals surface area contributed by atoms with Crippen molar-refractivity contribution in [1.29, 1.82) is 0 Å². The smallest absolute Gasteiger partial charge is 0.0340 e. The van der Waals surface area contributed by atoms with Crippen molar-refractivity contribution in [3.8, 4) is 11.1 Å². The number of rotatable bonds is 5. The van der Waals surface area contributed by atoms with Crippen molar-refractivity contribution in [3.05, 3.63) is 54.6 Å². The Hall–Kier alpha value is -1.76. The summed E-state index contributed by atoms with van der Waals surface area (Å²) >= 11 is 0. The van der Waals surface area contributed by atoms with Crippen LogP contribution in [0.4, 0.5) is 5.69 Å². The molecule has 2 aromatic rings. The second kappa shape index (κ2) is 5.26. The van der Waals surface area contributed by atoms with Crippen LogP contribution in [0.25, 0.3) is 11.1 Å². The van der Waals surface area contributed by atoms with E-state index >= 15 is 0 Å². The maximum atomic E-state index is 3.49. The van der Waals surface area contributed by atoms with E-state index in [2.05, 4.69) is 59.9 Å². The van der Waals surface area contributed by atoms with Gasteiger partial charge in [0.05, 0.1) is 0 Å². The molecule has 0 spiro atoms. The molecule has 1 N–H and O–H groups in total. The summed E-state index contributed by atoms with van der Waals surface area (Å²) in [6, 6.07) is 19.2. The highest BCUT2D eigenvalue weighted by Gasteiger charge is 2.19. The summed E-state index contributed by atoms with van der Waals surface area (Å²) in [4.78, 5) is 0. The molecule has 1 fully saturated rings. The fraction of sp³-hybridized carbons (Fsp3) is 0.294. The van der Waals surface area contributed by atoms with Crippen LogP contribution in [-0.4, -0.2) is 6.54 Å². The highest BCUT2D eigenvalue weighted by molar-refractivity contribution is 5.65. The van der Waals surface area contributed by atoms with Gasteiger partial charge in [0.15, 0.2) is 0 Å². The van der Waals surface area contributed by atoms with Crippen LogP contribution >= 0.6 is 0 Å². The highest BCUT2D eigenvalue weighted by atomic mass is 14.9. The summed E-state index contributed by atoms with van der Waals surface area (Å²) in [6.07, 6.45) is 4.20. The van der Waals surface area contributed by atoms with Crippen LogP contribution in [0, 0.1) is 5.92 Å². The highest BCUT2D eigenvalue weighted by Crippen LogP contribution is 2.32. The molecule has 0 atom stereocenters. The molecule has 1 aliphatic rings. The van der Waals surface area contributed by atoms with E-state index in [0.717, 1.165) is 12.5 Å². The Kier molecular flexibility index (Phi) is 3.31. The van der Waals surface area contributed by atoms with Crippen molar-refractivity contribution in [2.45, 2.75) is 19.3 Å². The van der Waals surface area contributed by atoms with E-state index in [-0.39, 0.29) is 0 Å². The van der Waals surface area contributed by atoms with Gasteiger partial charge in [-0.3, -0.25) is 0 Å². The van der Waals surface area contributed by atoms with Gasteiger partial charge < -0.3 is 5.32 Å². The molecule has 0 saturated heterocycles. The van der Waals surface area contributed by atoms with E-state index in [0.29, 0.717) is 0 Å². The van der Waals surface area contributed by atoms with Crippen LogP contribution in [0.2, 0.25) is 0 Å². The quantitative estimate of drug-likeness (QED) is 0.803. The van der Waals surface area contributed by atoms with Gasteiger partial charge >= 0.3 is 0 Å². The summed E-state index contributed by atoms with van der Waals surface area (Å²) in [7, 11) is 0. The average molecular weight is 237 g/mol. The fourth-order valence-corrected chi connectivity index (χ4v) is 2.24. The van der Waals surface area contributed by atoms with Gasteiger partial charge in [0.2, 0.25) is 0 Å². The monoisotopic (exact) mass is 237 g/mol. The first kappa shape index (κ1) is 11.3. The lowest BCUT2D eigenvalue weighted by Crippen LogP contribution is -2.01. The largest absolute Gasteiger partial charge is 0.385 e. The number of hydrogen-bond donors (Lipinski definition) is 1. The molecule has 92 valence electrons. The normalized spacial score (nSPS) is 14.4. The zero-order valence-electron chi connectivity index (χ0n) is 10.6. The minimum atomic E-state index is 1.00. The van der Waals surface area contributed by atoms with Gasteiger partial charge in [-0.1, -0.05) is 55.3 Å². The second-order valence-corrected chi connectivity index (χ2v) is 5.10. The van der Waals surface area contributed by atoms with E-state index in [1.165, 1.54) is 36.1 Å². The van der Waals surface area contributed by atoms with Gasteiger partial charge in [0, 0.05) is 12.2 Å². The summed E-state index contributed by atoms with van der Waals surface area (Å²) < 4.78 is 0. The molecule has 1 nitrogen and oxygen atoms in total. The van der Waals surface area contributed by atoms with Crippen molar-refractivity contribution >= 4 is 5.69 Å². The molecule has 2 aromatic carbocycles. The predicted molar refractivity (Wildman–Crippen MR) is 77.7 cm³/mol. The van der Waals surface area contributed by atoms with E-state index in [1.54, 1.807) is 0 Å². The molecule has 0 radical (unpaired) electrons. The molecule has 0 heterocycles. The zero-order chi connectivity index (χ0) is 12.2. The summed E-state index contributed by atoms with van der Waals surface area (Å²) in [6.45, 7) is 1.11. The topological polar surface area (TPSA) is 12.0 Å². The van der Waals surface area contributed by atoms with Gasteiger partial charge in [-0.25, -0.2) is 0 Å². The van der Waals surface area contributed by atoms with Crippen LogP contribution in [-0.2, 0) is 0 Å². The third-order valence-corrected chi connectivity index (χ3v) is 3.57. The van der Waals surface area contributed by atoms with Gasteiger partial charge in [-0.05, 0) is 35.6 Å². The molecule has 0 aromatic heterocycles. The SMILES string of the molecule is c1ccc(-c2ccc(NCCC3CC3)cc2)cc1. The summed E-state index contributed by atoms with van der Waals surface area (Å²) in [5, 5.41) is 3.49. The van der Waals surface area contributed by atoms with Crippen LogP contribution in [0.3, 0.4) is 0 Å². The molecule has 18 heavy (non-hydrogen) atoms. The van der Waals surface area contributed by atoms with Crippen molar-refractivity contribution in [3.63, 3.8) is 0 Å². The van der Waals surface area contributed by atoms with Gasteiger partial charge in [-0.15, -0.1) is 0 Å². The van der Waals surface area contributed by atoms with Crippen molar-refractivity contribution < 1.29 is 0 Å². The number of benzene rings is 2. The first-order valence-electron chi connectivity index (χ1n) is 6.81. The van der Waals surface area contributed by atoms with E-state index in [1.807, 2.05) is 0 Å². The number of nitrogens with one attached hydrogen (secondary N) is 1. The first-order valence-corrected chi connectivity index (χ1v) is 6.81. The van der Waals surface area contributed by atoms with E-state index in [9.17, 15) is 0 Å². The van der Waals surface area contributed by atoms with Crippen molar-refractivity contribution in [1.82, 2.24) is 0 Å². The third kappa shape index (κ3) is 2.92. The van der Waals surface area contributed by atoms with Crippen molar-refractivity contribution in [2.24, 2.45) is 5.92 Å². The molecular formula is C17H19N. The number of hydrogen-bond acceptors (Lipinski definition) is 1. The lowest BCUT2D eigenvalue weighted by Gasteiger charge is -2.07. The van der Waals surface area contributed by atoms with Crippen LogP contribution in [0.1, 0.15) is 19.3 Å². The molecule has 0 aliphatic heterocycles. The third-order valence-electron chi connectivity index (χ3n) is 3.57. The molecule has 1 aliphatic carbocycles. The molecule has 1 heteroatoms. The Labute approximate surface area is 109 Å². The molecule has 0 unspecified atom stereocenters. The Morgan fingerprint density at radius 3 is 2.17 bits per heavy atom. The van der Waals surface area contributed by atoms with Crippen LogP contribution in [0.5, 0.6) is 0 Å². The van der Waals surface area contributed by atoms with Crippen molar-refractivity contribution in [2.75, 3.05) is 11.9 Å². The van der Waals surface area contributed by atoms with Crippen LogP contribution < -0.4 is 5.32 Å². The lowest BCUT2D eigenvalue weighted by atomic mass is 10.1. The minimum Gasteiger partial charge on any atom is -0.385 e. The molecule has 1 saturated carbocycles. The Morgan fingerprint density at radius 1 is 0.833 bits per heavy atom. The minimum absolute atomic E-state index is 1.00. The average Bonchev–Trinajstić information content (AvgIpc) is 3.25. The number of anilines is 1. The lowest BCUT2D eigenvalue weighted by molar-refractivity contribution is 0.760. The molecule has 3 rings (SSSR count). The zero-order valence-corrected chi connectivity index (χ0v) is 10.6. The van der Waals surface area contributed by atoms with Gasteiger partial charge in [0.25, 0.3) is 0 Å². The van der Waals surface area contributed by atoms with E-state index < -0.39 is 0 Å². The Morgan fingerprint density at radius 2 is 1.50 bits per heavy atom. The Bertz CT molecular complexity index is 483. The fourth-order valence-electron chi connectivity index (χ4n) is 2.24. The predicted octanol–water partition coefficient (Wildman–Crippen LogP) is 4.57. The molecular weight excluding hydrogens is 218 g/mol.